The molecule has 0 aromatic heterocycles. The van der Waals surface area contributed by atoms with E-state index in [1.54, 1.807) is 12.1 Å². The molecule has 2 nitrogen and oxygen atoms in total. The van der Waals surface area contributed by atoms with Gasteiger partial charge in [0, 0.05) is 9.79 Å². The Labute approximate surface area is 121 Å². The third-order valence-electron chi connectivity index (χ3n) is 2.74. The highest BCUT2D eigenvalue weighted by atomic mass is 35.5. The van der Waals surface area contributed by atoms with E-state index in [1.165, 1.54) is 17.3 Å². The van der Waals surface area contributed by atoms with Gasteiger partial charge in [0.2, 0.25) is 0 Å². The van der Waals surface area contributed by atoms with Crippen molar-refractivity contribution in [2.45, 2.75) is 23.1 Å². The molecule has 2 rings (SSSR count). The molecule has 0 saturated carbocycles. The fourth-order valence-corrected chi connectivity index (χ4v) is 2.72. The van der Waals surface area contributed by atoms with Gasteiger partial charge in [0.15, 0.2) is 0 Å². The number of hydrogen-bond donors (Lipinski definition) is 1. The number of aryl methyl sites for hydroxylation is 1. The normalized spacial score (nSPS) is 10.4. The third kappa shape index (κ3) is 3.52. The van der Waals surface area contributed by atoms with Crippen molar-refractivity contribution in [2.24, 2.45) is 0 Å². The molecule has 0 amide bonds. The number of aromatic carboxylic acids is 1. The molecule has 0 unspecified atom stereocenters. The maximum absolute atomic E-state index is 11.0. The first-order valence-corrected chi connectivity index (χ1v) is 7.09. The molecule has 0 aliphatic heterocycles. The number of halogens is 1. The van der Waals surface area contributed by atoms with Crippen LogP contribution in [0.25, 0.3) is 0 Å². The van der Waals surface area contributed by atoms with Crippen molar-refractivity contribution in [1.29, 1.82) is 0 Å². The highest BCUT2D eigenvalue weighted by Gasteiger charge is 2.09. The molecular formula is C15H13ClO2S. The Hall–Kier alpha value is -1.45. The van der Waals surface area contributed by atoms with Crippen LogP contribution in [0.5, 0.6) is 0 Å². The smallest absolute Gasteiger partial charge is 0.337 e. The van der Waals surface area contributed by atoms with Crippen molar-refractivity contribution in [3.8, 4) is 0 Å². The quantitative estimate of drug-likeness (QED) is 0.883. The van der Waals surface area contributed by atoms with Crippen LogP contribution >= 0.6 is 23.4 Å². The number of carboxylic acid groups (broad SMARTS) is 1. The van der Waals surface area contributed by atoms with E-state index < -0.39 is 5.97 Å². The van der Waals surface area contributed by atoms with E-state index in [9.17, 15) is 4.79 Å². The molecule has 2 aromatic rings. The highest BCUT2D eigenvalue weighted by molar-refractivity contribution is 7.99. The van der Waals surface area contributed by atoms with Crippen molar-refractivity contribution in [2.75, 3.05) is 0 Å². The van der Waals surface area contributed by atoms with Gasteiger partial charge in [-0.25, -0.2) is 4.79 Å². The van der Waals surface area contributed by atoms with Gasteiger partial charge in [-0.05, 0) is 42.3 Å². The second-order valence-electron chi connectivity index (χ2n) is 4.05. The van der Waals surface area contributed by atoms with Crippen LogP contribution < -0.4 is 0 Å². The minimum atomic E-state index is -1.01. The number of hydrogen-bond acceptors (Lipinski definition) is 2. The Kier molecular flexibility index (Phi) is 4.51. The van der Waals surface area contributed by atoms with Crippen LogP contribution in [-0.4, -0.2) is 11.1 Å². The molecule has 2 aromatic carbocycles. The molecule has 0 aliphatic rings. The average molecular weight is 293 g/mol. The van der Waals surface area contributed by atoms with E-state index in [2.05, 4.69) is 19.1 Å². The second-order valence-corrected chi connectivity index (χ2v) is 5.60. The van der Waals surface area contributed by atoms with Gasteiger partial charge in [-0.1, -0.05) is 42.4 Å². The van der Waals surface area contributed by atoms with E-state index in [0.717, 1.165) is 16.2 Å². The minimum absolute atomic E-state index is 0.136. The first-order valence-electron chi connectivity index (χ1n) is 5.90. The van der Waals surface area contributed by atoms with Gasteiger partial charge < -0.3 is 5.11 Å². The molecule has 0 fully saturated rings. The van der Waals surface area contributed by atoms with Gasteiger partial charge in [0.25, 0.3) is 0 Å². The molecule has 0 spiro atoms. The number of carbonyl (C=O) groups is 1. The summed E-state index contributed by atoms with van der Waals surface area (Å²) in [6.07, 6.45) is 1.01. The molecule has 0 bridgehead atoms. The predicted molar refractivity (Wildman–Crippen MR) is 78.4 cm³/mol. The Bertz CT molecular complexity index is 594. The van der Waals surface area contributed by atoms with Gasteiger partial charge in [0.1, 0.15) is 0 Å². The van der Waals surface area contributed by atoms with Crippen LogP contribution in [0.15, 0.2) is 52.3 Å². The zero-order valence-electron chi connectivity index (χ0n) is 10.4. The highest BCUT2D eigenvalue weighted by Crippen LogP contribution is 2.30. The molecule has 0 saturated heterocycles. The van der Waals surface area contributed by atoms with E-state index in [1.807, 2.05) is 18.2 Å². The fraction of sp³-hybridized carbons (Fsp3) is 0.133. The van der Waals surface area contributed by atoms with Gasteiger partial charge in [-0.3, -0.25) is 0 Å². The summed E-state index contributed by atoms with van der Waals surface area (Å²) in [6.45, 7) is 2.11. The summed E-state index contributed by atoms with van der Waals surface area (Å²) in [5.41, 5.74) is 1.42. The van der Waals surface area contributed by atoms with Gasteiger partial charge in [-0.15, -0.1) is 0 Å². The second kappa shape index (κ2) is 6.13. The molecule has 0 atom stereocenters. The molecule has 98 valence electrons. The Morgan fingerprint density at radius 2 is 1.79 bits per heavy atom. The molecule has 4 heteroatoms. The largest absolute Gasteiger partial charge is 0.478 e. The van der Waals surface area contributed by atoms with E-state index >= 15 is 0 Å². The Morgan fingerprint density at radius 3 is 2.37 bits per heavy atom. The Morgan fingerprint density at radius 1 is 1.16 bits per heavy atom. The summed E-state index contributed by atoms with van der Waals surface area (Å²) < 4.78 is 0. The van der Waals surface area contributed by atoms with Crippen LogP contribution in [0, 0.1) is 0 Å². The monoisotopic (exact) mass is 292 g/mol. The molecule has 0 radical (unpaired) electrons. The van der Waals surface area contributed by atoms with E-state index in [0.29, 0.717) is 0 Å². The number of benzene rings is 2. The first kappa shape index (κ1) is 14.0. The predicted octanol–water partition coefficient (Wildman–Crippen LogP) is 4.75. The maximum atomic E-state index is 11.0. The fourth-order valence-electron chi connectivity index (χ4n) is 1.66. The van der Waals surface area contributed by atoms with Crippen LogP contribution in [0.2, 0.25) is 5.02 Å². The third-order valence-corrected chi connectivity index (χ3v) is 4.06. The van der Waals surface area contributed by atoms with Crippen LogP contribution in [0.3, 0.4) is 0 Å². The first-order chi connectivity index (χ1) is 9.10. The summed E-state index contributed by atoms with van der Waals surface area (Å²) in [6, 6.07) is 13.3. The molecule has 0 heterocycles. The standard InChI is InChI=1S/C15H13ClO2S/c1-2-10-3-5-11(6-4-10)19-12-7-8-14(16)13(9-12)15(17)18/h3-9H,2H2,1H3,(H,17,18). The van der Waals surface area contributed by atoms with Crippen molar-refractivity contribution in [1.82, 2.24) is 0 Å². The van der Waals surface area contributed by atoms with E-state index in [4.69, 9.17) is 16.7 Å². The van der Waals surface area contributed by atoms with Crippen molar-refractivity contribution >= 4 is 29.3 Å². The summed E-state index contributed by atoms with van der Waals surface area (Å²) in [5.74, 6) is -1.01. The average Bonchev–Trinajstić information content (AvgIpc) is 2.41. The lowest BCUT2D eigenvalue weighted by Crippen LogP contribution is -1.97. The van der Waals surface area contributed by atoms with Gasteiger partial charge in [-0.2, -0.15) is 0 Å². The van der Waals surface area contributed by atoms with Crippen molar-refractivity contribution in [3.05, 3.63) is 58.6 Å². The lowest BCUT2D eigenvalue weighted by atomic mass is 10.2. The molecule has 19 heavy (non-hydrogen) atoms. The molecule has 0 aliphatic carbocycles. The van der Waals surface area contributed by atoms with Crippen LogP contribution in [0.4, 0.5) is 0 Å². The van der Waals surface area contributed by atoms with Crippen molar-refractivity contribution < 1.29 is 9.90 Å². The molecule has 1 N–H and O–H groups in total. The lowest BCUT2D eigenvalue weighted by Gasteiger charge is -2.05. The topological polar surface area (TPSA) is 37.3 Å². The summed E-state index contributed by atoms with van der Waals surface area (Å²) in [5, 5.41) is 9.29. The zero-order chi connectivity index (χ0) is 13.8. The lowest BCUT2D eigenvalue weighted by molar-refractivity contribution is 0.0697. The van der Waals surface area contributed by atoms with Crippen LogP contribution in [-0.2, 0) is 6.42 Å². The zero-order valence-corrected chi connectivity index (χ0v) is 12.0. The van der Waals surface area contributed by atoms with E-state index in [-0.39, 0.29) is 10.6 Å². The van der Waals surface area contributed by atoms with Gasteiger partial charge >= 0.3 is 5.97 Å². The summed E-state index contributed by atoms with van der Waals surface area (Å²) in [4.78, 5) is 13.0. The summed E-state index contributed by atoms with van der Waals surface area (Å²) in [7, 11) is 0. The number of rotatable bonds is 4. The maximum Gasteiger partial charge on any atom is 0.337 e. The summed E-state index contributed by atoms with van der Waals surface area (Å²) >= 11 is 7.37. The molecular weight excluding hydrogens is 280 g/mol. The SMILES string of the molecule is CCc1ccc(Sc2ccc(Cl)c(C(=O)O)c2)cc1. The van der Waals surface area contributed by atoms with Gasteiger partial charge in [0.05, 0.1) is 10.6 Å². The van der Waals surface area contributed by atoms with Crippen molar-refractivity contribution in [3.63, 3.8) is 0 Å². The number of carboxylic acids is 1. The van der Waals surface area contributed by atoms with Crippen LogP contribution in [0.1, 0.15) is 22.8 Å². The minimum Gasteiger partial charge on any atom is -0.478 e. The Balaban J connectivity index is 2.22.